The summed E-state index contributed by atoms with van der Waals surface area (Å²) >= 11 is 0. The van der Waals surface area contributed by atoms with Crippen LogP contribution in [0, 0.1) is 0 Å². The van der Waals surface area contributed by atoms with Crippen LogP contribution in [0.4, 0.5) is 5.82 Å². The van der Waals surface area contributed by atoms with Crippen LogP contribution in [-0.2, 0) is 25.0 Å². The third-order valence-electron chi connectivity index (χ3n) is 13.0. The van der Waals surface area contributed by atoms with Crippen molar-refractivity contribution < 1.29 is 23.7 Å². The number of nitrogens with one attached hydrogen (secondary N) is 2. The average molecular weight is 770 g/mol. The highest BCUT2D eigenvalue weighted by Gasteiger charge is 2.36. The fraction of sp³-hybridized carbons (Fsp3) is 0.630. The van der Waals surface area contributed by atoms with Gasteiger partial charge in [0.05, 0.1) is 19.8 Å². The maximum Gasteiger partial charge on any atom is 0.125 e. The van der Waals surface area contributed by atoms with Crippen LogP contribution in [0.2, 0.25) is 0 Å². The molecule has 2 N–H and O–H groups in total. The van der Waals surface area contributed by atoms with Gasteiger partial charge in [-0.05, 0) is 112 Å². The molecule has 0 spiro atoms. The van der Waals surface area contributed by atoms with Crippen molar-refractivity contribution >= 4 is 5.82 Å². The highest BCUT2D eigenvalue weighted by Crippen LogP contribution is 2.37. The van der Waals surface area contributed by atoms with Gasteiger partial charge in [-0.2, -0.15) is 0 Å². The van der Waals surface area contributed by atoms with E-state index in [1.807, 2.05) is 31.4 Å². The first-order valence-corrected chi connectivity index (χ1v) is 21.6. The highest BCUT2D eigenvalue weighted by atomic mass is 16.5. The molecule has 1 saturated carbocycles. The monoisotopic (exact) mass is 770 g/mol. The van der Waals surface area contributed by atoms with Crippen LogP contribution in [0.1, 0.15) is 75.3 Å². The Morgan fingerprint density at radius 2 is 1.30 bits per heavy atom. The standard InChI is InChI=1S/C26H35N3O2.C20H32N2O3/c1-2-15-27-25(6-1)28-20-26(13-18-30-19-14-26)21-7-9-23(10-8-21)31-24-11-16-29(17-12-24)22-4-3-5-22;1-21-17-20(7-13-23-14-8-20)18-3-5-19(6-4-18)25-12-2-9-22-10-15-24-16-11-22/h1-2,6-10,15,22,24H,3-5,11-14,16-20H2,(H,27,28);3-6,21H,2,7-17H2,1H3. The third-order valence-corrected chi connectivity index (χ3v) is 13.0. The molecule has 4 aliphatic heterocycles. The van der Waals surface area contributed by atoms with E-state index in [2.05, 4.69) is 73.9 Å². The summed E-state index contributed by atoms with van der Waals surface area (Å²) < 4.78 is 28.9. The molecule has 0 unspecified atom stereocenters. The van der Waals surface area contributed by atoms with Gasteiger partial charge < -0.3 is 39.2 Å². The predicted octanol–water partition coefficient (Wildman–Crippen LogP) is 6.69. The number of morpholine rings is 1. The summed E-state index contributed by atoms with van der Waals surface area (Å²) in [5, 5.41) is 6.92. The molecular formula is C46H67N5O5. The Morgan fingerprint density at radius 3 is 1.88 bits per heavy atom. The van der Waals surface area contributed by atoms with Gasteiger partial charge in [-0.3, -0.25) is 4.90 Å². The number of rotatable bonds is 15. The molecular weight excluding hydrogens is 703 g/mol. The van der Waals surface area contributed by atoms with Gasteiger partial charge >= 0.3 is 0 Å². The van der Waals surface area contributed by atoms with Crippen LogP contribution in [0.3, 0.4) is 0 Å². The Hall–Kier alpha value is -3.25. The van der Waals surface area contributed by atoms with Crippen molar-refractivity contribution in [2.24, 2.45) is 0 Å². The number of ether oxygens (including phenoxy) is 5. The Kier molecular flexibility index (Phi) is 15.3. The molecule has 3 aromatic rings. The van der Waals surface area contributed by atoms with Gasteiger partial charge in [0.1, 0.15) is 23.4 Å². The molecule has 5 aliphatic rings. The molecule has 10 heteroatoms. The molecule has 0 bridgehead atoms. The van der Waals surface area contributed by atoms with Gasteiger partial charge in [0.2, 0.25) is 0 Å². The molecule has 0 radical (unpaired) electrons. The van der Waals surface area contributed by atoms with E-state index in [0.29, 0.717) is 6.10 Å². The van der Waals surface area contributed by atoms with E-state index in [0.717, 1.165) is 147 Å². The number of aromatic nitrogens is 1. The molecule has 1 aliphatic carbocycles. The van der Waals surface area contributed by atoms with Crippen molar-refractivity contribution in [1.82, 2.24) is 20.1 Å². The lowest BCUT2D eigenvalue weighted by molar-refractivity contribution is 0.0358. The van der Waals surface area contributed by atoms with E-state index < -0.39 is 0 Å². The summed E-state index contributed by atoms with van der Waals surface area (Å²) in [5.74, 6) is 2.91. The fourth-order valence-electron chi connectivity index (χ4n) is 9.12. The van der Waals surface area contributed by atoms with Crippen LogP contribution in [0.15, 0.2) is 72.9 Å². The van der Waals surface area contributed by atoms with Crippen molar-refractivity contribution in [2.45, 2.75) is 87.2 Å². The number of hydrogen-bond donors (Lipinski definition) is 2. The third kappa shape index (κ3) is 11.2. The van der Waals surface area contributed by atoms with Gasteiger partial charge in [-0.25, -0.2) is 4.98 Å². The average Bonchev–Trinajstić information content (AvgIpc) is 3.24. The molecule has 5 fully saturated rings. The van der Waals surface area contributed by atoms with E-state index in [4.69, 9.17) is 23.7 Å². The number of anilines is 1. The highest BCUT2D eigenvalue weighted by molar-refractivity contribution is 5.39. The Labute approximate surface area is 336 Å². The van der Waals surface area contributed by atoms with Crippen molar-refractivity contribution in [3.8, 4) is 11.5 Å². The van der Waals surface area contributed by atoms with Crippen molar-refractivity contribution in [2.75, 3.05) is 104 Å². The molecule has 56 heavy (non-hydrogen) atoms. The first-order valence-electron chi connectivity index (χ1n) is 21.6. The van der Waals surface area contributed by atoms with Crippen LogP contribution in [0.25, 0.3) is 0 Å². The molecule has 4 saturated heterocycles. The molecule has 8 rings (SSSR count). The van der Waals surface area contributed by atoms with E-state index >= 15 is 0 Å². The van der Waals surface area contributed by atoms with Crippen LogP contribution in [0.5, 0.6) is 11.5 Å². The predicted molar refractivity (Wildman–Crippen MR) is 223 cm³/mol. The smallest absolute Gasteiger partial charge is 0.125 e. The molecule has 0 amide bonds. The van der Waals surface area contributed by atoms with E-state index in [9.17, 15) is 0 Å². The normalized spacial score (nSPS) is 21.9. The Balaban J connectivity index is 0.000000176. The number of piperidine rings is 1. The Morgan fingerprint density at radius 1 is 0.696 bits per heavy atom. The lowest BCUT2D eigenvalue weighted by atomic mass is 9.74. The Bertz CT molecular complexity index is 1520. The topological polar surface area (TPSA) is 89.6 Å². The van der Waals surface area contributed by atoms with Crippen molar-refractivity contribution in [3.05, 3.63) is 84.1 Å². The summed E-state index contributed by atoms with van der Waals surface area (Å²) in [6, 6.07) is 24.5. The first kappa shape index (κ1) is 40.9. The largest absolute Gasteiger partial charge is 0.494 e. The minimum absolute atomic E-state index is 0.0718. The van der Waals surface area contributed by atoms with E-state index in [1.54, 1.807) is 0 Å². The lowest BCUT2D eigenvalue weighted by Gasteiger charge is -2.41. The van der Waals surface area contributed by atoms with Gasteiger partial charge in [0.25, 0.3) is 0 Å². The molecule has 10 nitrogen and oxygen atoms in total. The van der Waals surface area contributed by atoms with Gasteiger partial charge in [-0.15, -0.1) is 0 Å². The van der Waals surface area contributed by atoms with Gasteiger partial charge in [0.15, 0.2) is 0 Å². The first-order chi connectivity index (χ1) is 27.6. The van der Waals surface area contributed by atoms with Gasteiger partial charge in [-0.1, -0.05) is 36.8 Å². The molecule has 2 aromatic carbocycles. The fourth-order valence-corrected chi connectivity index (χ4v) is 9.12. The number of benzene rings is 2. The SMILES string of the molecule is CNCC1(c2ccc(OCCCN3CCOCC3)cc2)CCOCC1.c1ccc(NCC2(c3ccc(OC4CCN(C5CCC5)CC4)cc3)CCOCC2)nc1. The minimum atomic E-state index is 0.0718. The van der Waals surface area contributed by atoms with Crippen LogP contribution < -0.4 is 20.1 Å². The second-order valence-corrected chi connectivity index (χ2v) is 16.5. The van der Waals surface area contributed by atoms with Crippen molar-refractivity contribution in [3.63, 3.8) is 0 Å². The molecule has 306 valence electrons. The maximum atomic E-state index is 6.36. The summed E-state index contributed by atoms with van der Waals surface area (Å²) in [6.45, 7) is 13.2. The van der Waals surface area contributed by atoms with Crippen LogP contribution >= 0.6 is 0 Å². The molecule has 1 aromatic heterocycles. The molecule has 5 heterocycles. The number of likely N-dealkylation sites (tertiary alicyclic amines) is 1. The summed E-state index contributed by atoms with van der Waals surface area (Å²) in [4.78, 5) is 9.55. The van der Waals surface area contributed by atoms with E-state index in [1.165, 1.54) is 43.5 Å². The summed E-state index contributed by atoms with van der Waals surface area (Å²) in [7, 11) is 2.03. The second kappa shape index (κ2) is 21.0. The molecule has 0 atom stereocenters. The van der Waals surface area contributed by atoms with E-state index in [-0.39, 0.29) is 10.8 Å². The summed E-state index contributed by atoms with van der Waals surface area (Å²) in [5.41, 5.74) is 3.03. The minimum Gasteiger partial charge on any atom is -0.494 e. The number of hydrogen-bond acceptors (Lipinski definition) is 10. The maximum absolute atomic E-state index is 6.36. The zero-order valence-corrected chi connectivity index (χ0v) is 33.9. The number of nitrogens with zero attached hydrogens (tertiary/aromatic N) is 3. The summed E-state index contributed by atoms with van der Waals surface area (Å²) in [6.07, 6.45) is 13.9. The second-order valence-electron chi connectivity index (χ2n) is 16.5. The number of pyridine rings is 1. The van der Waals surface area contributed by atoms with Crippen molar-refractivity contribution in [1.29, 1.82) is 0 Å². The zero-order valence-electron chi connectivity index (χ0n) is 33.9. The lowest BCUT2D eigenvalue weighted by Crippen LogP contribution is -2.46. The quantitative estimate of drug-likeness (QED) is 0.163. The van der Waals surface area contributed by atoms with Crippen LogP contribution in [-0.4, -0.2) is 126 Å². The van der Waals surface area contributed by atoms with Gasteiger partial charge in [0, 0.05) is 95.3 Å². The zero-order chi connectivity index (χ0) is 38.3. The number of likely N-dealkylation sites (N-methyl/N-ethyl adjacent to an activating group) is 1.